The van der Waals surface area contributed by atoms with Crippen LogP contribution in [0.25, 0.3) is 0 Å². The fraction of sp³-hybridized carbons (Fsp3) is 0.750. The molecule has 0 saturated carbocycles. The predicted molar refractivity (Wildman–Crippen MR) is 106 cm³/mol. The highest BCUT2D eigenvalue weighted by molar-refractivity contribution is 14.0. The average molecular weight is 451 g/mol. The van der Waals surface area contributed by atoms with Crippen LogP contribution in [-0.2, 0) is 23.1 Å². The van der Waals surface area contributed by atoms with E-state index in [0.717, 1.165) is 63.8 Å². The molecule has 0 bridgehead atoms. The number of aliphatic imine (C=N–C) groups is 1. The lowest BCUT2D eigenvalue weighted by Crippen LogP contribution is -2.38. The summed E-state index contributed by atoms with van der Waals surface area (Å²) in [5, 5.41) is 10.8. The third-order valence-electron chi connectivity index (χ3n) is 3.80. The van der Waals surface area contributed by atoms with Gasteiger partial charge in [0.1, 0.15) is 0 Å². The largest absolute Gasteiger partial charge is 0.381 e. The molecule has 138 valence electrons. The van der Waals surface area contributed by atoms with Crippen LogP contribution < -0.4 is 10.6 Å². The summed E-state index contributed by atoms with van der Waals surface area (Å²) in [4.78, 5) is 4.58. The first kappa shape index (κ1) is 21.2. The first-order valence-electron chi connectivity index (χ1n) is 8.48. The Morgan fingerprint density at radius 2 is 2.21 bits per heavy atom. The van der Waals surface area contributed by atoms with E-state index in [1.807, 2.05) is 17.8 Å². The molecule has 0 unspecified atom stereocenters. The Balaban J connectivity index is 0.00000288. The number of nitrogens with one attached hydrogen (secondary N) is 2. The van der Waals surface area contributed by atoms with E-state index in [2.05, 4.69) is 27.6 Å². The van der Waals surface area contributed by atoms with Crippen LogP contribution in [0.1, 0.15) is 31.9 Å². The van der Waals surface area contributed by atoms with Crippen LogP contribution >= 0.6 is 24.0 Å². The zero-order valence-corrected chi connectivity index (χ0v) is 17.0. The van der Waals surface area contributed by atoms with Gasteiger partial charge in [-0.25, -0.2) is 4.99 Å². The van der Waals surface area contributed by atoms with E-state index in [4.69, 9.17) is 9.47 Å². The van der Waals surface area contributed by atoms with E-state index >= 15 is 0 Å². The number of aromatic nitrogens is 2. The van der Waals surface area contributed by atoms with Gasteiger partial charge >= 0.3 is 0 Å². The summed E-state index contributed by atoms with van der Waals surface area (Å²) in [6.07, 6.45) is 5.16. The van der Waals surface area contributed by atoms with Crippen molar-refractivity contribution in [3.05, 3.63) is 18.0 Å². The number of halogens is 1. The Labute approximate surface area is 161 Å². The van der Waals surface area contributed by atoms with Crippen LogP contribution in [0.4, 0.5) is 0 Å². The molecule has 0 spiro atoms. The molecule has 0 atom stereocenters. The fourth-order valence-corrected chi connectivity index (χ4v) is 2.43. The van der Waals surface area contributed by atoms with Gasteiger partial charge in [0, 0.05) is 46.2 Å². The molecule has 0 amide bonds. The van der Waals surface area contributed by atoms with E-state index in [1.165, 1.54) is 0 Å². The van der Waals surface area contributed by atoms with Gasteiger partial charge in [-0.3, -0.25) is 4.68 Å². The van der Waals surface area contributed by atoms with Crippen molar-refractivity contribution in [2.45, 2.75) is 38.8 Å². The minimum Gasteiger partial charge on any atom is -0.381 e. The SMILES string of the molecule is CCNC(=NCc1ccnn1C)NCCCOC1CCOCC1.I. The predicted octanol–water partition coefficient (Wildman–Crippen LogP) is 1.68. The summed E-state index contributed by atoms with van der Waals surface area (Å²) in [6.45, 7) is 6.80. The zero-order valence-electron chi connectivity index (χ0n) is 14.7. The van der Waals surface area contributed by atoms with Gasteiger partial charge in [-0.1, -0.05) is 0 Å². The summed E-state index contributed by atoms with van der Waals surface area (Å²) < 4.78 is 13.0. The average Bonchev–Trinajstić information content (AvgIpc) is 2.98. The Bertz CT molecular complexity index is 475. The Kier molecular flexibility index (Phi) is 11.0. The molecule has 1 aromatic rings. The quantitative estimate of drug-likeness (QED) is 0.273. The monoisotopic (exact) mass is 451 g/mol. The van der Waals surface area contributed by atoms with Gasteiger partial charge in [0.2, 0.25) is 0 Å². The highest BCUT2D eigenvalue weighted by Crippen LogP contribution is 2.10. The van der Waals surface area contributed by atoms with Crippen molar-refractivity contribution in [1.29, 1.82) is 0 Å². The number of rotatable bonds is 8. The molecular weight excluding hydrogens is 421 g/mol. The second-order valence-corrected chi connectivity index (χ2v) is 5.60. The highest BCUT2D eigenvalue weighted by Gasteiger charge is 2.13. The number of hydrogen-bond donors (Lipinski definition) is 2. The second kappa shape index (κ2) is 12.5. The smallest absolute Gasteiger partial charge is 0.191 e. The minimum atomic E-state index is 0. The first-order chi connectivity index (χ1) is 11.3. The third-order valence-corrected chi connectivity index (χ3v) is 3.80. The van der Waals surface area contributed by atoms with Crippen molar-refractivity contribution >= 4 is 29.9 Å². The van der Waals surface area contributed by atoms with Crippen molar-refractivity contribution in [1.82, 2.24) is 20.4 Å². The van der Waals surface area contributed by atoms with Crippen LogP contribution in [-0.4, -0.2) is 54.8 Å². The van der Waals surface area contributed by atoms with E-state index in [-0.39, 0.29) is 24.0 Å². The summed E-state index contributed by atoms with van der Waals surface area (Å²) in [7, 11) is 1.93. The molecule has 0 aromatic carbocycles. The maximum Gasteiger partial charge on any atom is 0.191 e. The molecule has 7 nitrogen and oxygen atoms in total. The molecule has 1 fully saturated rings. The van der Waals surface area contributed by atoms with Crippen LogP contribution in [0.5, 0.6) is 0 Å². The molecular formula is C16H30IN5O2. The van der Waals surface area contributed by atoms with E-state index in [0.29, 0.717) is 12.6 Å². The standard InChI is InChI=1S/C16H29N5O2.HI/c1-3-17-16(19-13-14-5-9-20-21(14)2)18-8-4-10-23-15-6-11-22-12-7-15;/h5,9,15H,3-4,6-8,10-13H2,1-2H3,(H2,17,18,19);1H. The Hall–Kier alpha value is -0.870. The molecule has 0 aliphatic carbocycles. The number of guanidine groups is 1. The minimum absolute atomic E-state index is 0. The van der Waals surface area contributed by atoms with Gasteiger partial charge in [0.15, 0.2) is 5.96 Å². The molecule has 1 aliphatic rings. The molecule has 2 rings (SSSR count). The maximum absolute atomic E-state index is 5.87. The normalized spacial score (nSPS) is 15.8. The third kappa shape index (κ3) is 7.80. The molecule has 8 heteroatoms. The van der Waals surface area contributed by atoms with Crippen LogP contribution in [0.2, 0.25) is 0 Å². The number of hydrogen-bond acceptors (Lipinski definition) is 4. The van der Waals surface area contributed by atoms with Crippen LogP contribution in [0, 0.1) is 0 Å². The molecule has 2 N–H and O–H groups in total. The Morgan fingerprint density at radius 3 is 2.88 bits per heavy atom. The lowest BCUT2D eigenvalue weighted by atomic mass is 10.1. The molecule has 1 aliphatic heterocycles. The highest BCUT2D eigenvalue weighted by atomic mass is 127. The first-order valence-corrected chi connectivity index (χ1v) is 8.48. The van der Waals surface area contributed by atoms with Gasteiger partial charge in [0.05, 0.1) is 18.3 Å². The van der Waals surface area contributed by atoms with Gasteiger partial charge < -0.3 is 20.1 Å². The summed E-state index contributed by atoms with van der Waals surface area (Å²) in [6, 6.07) is 1.98. The zero-order chi connectivity index (χ0) is 16.3. The van der Waals surface area contributed by atoms with E-state index < -0.39 is 0 Å². The topological polar surface area (TPSA) is 72.7 Å². The lowest BCUT2D eigenvalue weighted by molar-refractivity contribution is -0.0320. The summed E-state index contributed by atoms with van der Waals surface area (Å²) in [5.74, 6) is 0.833. The van der Waals surface area contributed by atoms with Gasteiger partial charge in [0.25, 0.3) is 0 Å². The van der Waals surface area contributed by atoms with Gasteiger partial charge in [-0.15, -0.1) is 24.0 Å². The van der Waals surface area contributed by atoms with Crippen LogP contribution in [0.3, 0.4) is 0 Å². The molecule has 0 radical (unpaired) electrons. The van der Waals surface area contributed by atoms with Crippen LogP contribution in [0.15, 0.2) is 17.3 Å². The fourth-order valence-electron chi connectivity index (χ4n) is 2.43. The molecule has 24 heavy (non-hydrogen) atoms. The maximum atomic E-state index is 5.87. The van der Waals surface area contributed by atoms with E-state index in [1.54, 1.807) is 6.20 Å². The number of aryl methyl sites for hydroxylation is 1. The van der Waals surface area contributed by atoms with Crippen molar-refractivity contribution in [3.63, 3.8) is 0 Å². The van der Waals surface area contributed by atoms with Gasteiger partial charge in [-0.05, 0) is 32.3 Å². The van der Waals surface area contributed by atoms with E-state index in [9.17, 15) is 0 Å². The molecule has 1 saturated heterocycles. The molecule has 1 aromatic heterocycles. The summed E-state index contributed by atoms with van der Waals surface area (Å²) >= 11 is 0. The number of ether oxygens (including phenoxy) is 2. The second-order valence-electron chi connectivity index (χ2n) is 5.60. The summed E-state index contributed by atoms with van der Waals surface area (Å²) in [5.41, 5.74) is 1.09. The van der Waals surface area contributed by atoms with Crippen molar-refractivity contribution in [3.8, 4) is 0 Å². The molecule has 2 heterocycles. The van der Waals surface area contributed by atoms with Crippen molar-refractivity contribution in [2.75, 3.05) is 32.9 Å². The lowest BCUT2D eigenvalue weighted by Gasteiger charge is -2.22. The van der Waals surface area contributed by atoms with Gasteiger partial charge in [-0.2, -0.15) is 5.10 Å². The van der Waals surface area contributed by atoms with Crippen molar-refractivity contribution < 1.29 is 9.47 Å². The van der Waals surface area contributed by atoms with Crippen molar-refractivity contribution in [2.24, 2.45) is 12.0 Å². The number of nitrogens with zero attached hydrogens (tertiary/aromatic N) is 3. The Morgan fingerprint density at radius 1 is 1.42 bits per heavy atom.